The highest BCUT2D eigenvalue weighted by molar-refractivity contribution is 9.10. The van der Waals surface area contributed by atoms with Crippen LogP contribution in [-0.4, -0.2) is 34.2 Å². The number of benzene rings is 1. The molecule has 0 aromatic heterocycles. The molecule has 1 fully saturated rings. The van der Waals surface area contributed by atoms with Crippen LogP contribution in [0.1, 0.15) is 19.8 Å². The molecule has 2 N–H and O–H groups in total. The minimum absolute atomic E-state index is 0.161. The summed E-state index contributed by atoms with van der Waals surface area (Å²) >= 11 is 3.30. The van der Waals surface area contributed by atoms with Crippen LogP contribution in [0.3, 0.4) is 0 Å². The fourth-order valence-corrected chi connectivity index (χ4v) is 4.49. The molecule has 112 valence electrons. The topological polar surface area (TPSA) is 67.4 Å². The van der Waals surface area contributed by atoms with E-state index in [-0.39, 0.29) is 4.90 Å². The zero-order chi connectivity index (χ0) is 14.8. The number of methoxy groups -OCH3 is 1. The molecular formula is C13H19BrN2O3S. The Bertz CT molecular complexity index is 583. The van der Waals surface area contributed by atoms with Crippen LogP contribution in [0.15, 0.2) is 27.6 Å². The Labute approximate surface area is 128 Å². The van der Waals surface area contributed by atoms with Gasteiger partial charge in [0.15, 0.2) is 0 Å². The molecule has 0 aliphatic carbocycles. The highest BCUT2D eigenvalue weighted by Crippen LogP contribution is 2.29. The zero-order valence-electron chi connectivity index (χ0n) is 11.6. The summed E-state index contributed by atoms with van der Waals surface area (Å²) in [5.74, 6) is 0.346. The standard InChI is InChI=1S/C13H19BrN2O3S/c1-13(5-7-15-8-6-13)16-20(17,18)12-9-10(14)3-4-11(12)19-2/h3-4,9,15-16H,5-8H2,1-2H3. The van der Waals surface area contributed by atoms with Crippen LogP contribution >= 0.6 is 15.9 Å². The summed E-state index contributed by atoms with van der Waals surface area (Å²) in [5, 5.41) is 3.23. The van der Waals surface area contributed by atoms with E-state index < -0.39 is 15.6 Å². The normalized spacial score (nSPS) is 18.8. The fraction of sp³-hybridized carbons (Fsp3) is 0.538. The van der Waals surface area contributed by atoms with Gasteiger partial charge in [0.25, 0.3) is 0 Å². The van der Waals surface area contributed by atoms with Gasteiger partial charge in [-0.15, -0.1) is 0 Å². The lowest BCUT2D eigenvalue weighted by Crippen LogP contribution is -2.52. The minimum atomic E-state index is -3.62. The second-order valence-corrected chi connectivity index (χ2v) is 7.78. The van der Waals surface area contributed by atoms with Crippen molar-refractivity contribution in [3.05, 3.63) is 22.7 Å². The first-order chi connectivity index (χ1) is 9.36. The molecule has 1 aliphatic rings. The van der Waals surface area contributed by atoms with Gasteiger partial charge in [-0.3, -0.25) is 0 Å². The molecule has 0 amide bonds. The number of rotatable bonds is 4. The van der Waals surface area contributed by atoms with Crippen molar-refractivity contribution in [3.63, 3.8) is 0 Å². The Kier molecular flexibility index (Phi) is 4.73. The molecule has 0 unspecified atom stereocenters. The molecule has 0 saturated carbocycles. The third kappa shape index (κ3) is 3.52. The minimum Gasteiger partial charge on any atom is -0.495 e. The number of ether oxygens (including phenoxy) is 1. The maximum absolute atomic E-state index is 12.6. The van der Waals surface area contributed by atoms with E-state index in [2.05, 4.69) is 26.0 Å². The predicted molar refractivity (Wildman–Crippen MR) is 81.5 cm³/mol. The van der Waals surface area contributed by atoms with Crippen LogP contribution in [0.4, 0.5) is 0 Å². The van der Waals surface area contributed by atoms with Crippen LogP contribution in [-0.2, 0) is 10.0 Å². The highest BCUT2D eigenvalue weighted by Gasteiger charge is 2.33. The molecule has 0 spiro atoms. The van der Waals surface area contributed by atoms with E-state index in [4.69, 9.17) is 4.74 Å². The van der Waals surface area contributed by atoms with Crippen molar-refractivity contribution in [2.24, 2.45) is 0 Å². The number of nitrogens with one attached hydrogen (secondary N) is 2. The molecule has 0 atom stereocenters. The van der Waals surface area contributed by atoms with E-state index in [0.717, 1.165) is 25.9 Å². The first kappa shape index (κ1) is 15.8. The van der Waals surface area contributed by atoms with E-state index in [1.165, 1.54) is 7.11 Å². The van der Waals surface area contributed by atoms with Gasteiger partial charge in [-0.05, 0) is 51.1 Å². The Morgan fingerprint density at radius 2 is 2.00 bits per heavy atom. The summed E-state index contributed by atoms with van der Waals surface area (Å²) in [4.78, 5) is 0.161. The van der Waals surface area contributed by atoms with Crippen molar-refractivity contribution < 1.29 is 13.2 Å². The molecular weight excluding hydrogens is 344 g/mol. The van der Waals surface area contributed by atoms with Crippen molar-refractivity contribution in [1.82, 2.24) is 10.0 Å². The smallest absolute Gasteiger partial charge is 0.244 e. The summed E-state index contributed by atoms with van der Waals surface area (Å²) in [5.41, 5.74) is -0.419. The highest BCUT2D eigenvalue weighted by atomic mass is 79.9. The lowest BCUT2D eigenvalue weighted by atomic mass is 9.92. The monoisotopic (exact) mass is 362 g/mol. The molecule has 5 nitrogen and oxygen atoms in total. The molecule has 1 saturated heterocycles. The first-order valence-corrected chi connectivity index (χ1v) is 8.72. The summed E-state index contributed by atoms with van der Waals surface area (Å²) < 4.78 is 33.9. The quantitative estimate of drug-likeness (QED) is 0.857. The van der Waals surface area contributed by atoms with Gasteiger partial charge in [-0.25, -0.2) is 13.1 Å². The lowest BCUT2D eigenvalue weighted by molar-refractivity contribution is 0.307. The maximum atomic E-state index is 12.6. The maximum Gasteiger partial charge on any atom is 0.244 e. The Hall–Kier alpha value is -0.630. The van der Waals surface area contributed by atoms with Gasteiger partial charge in [0.1, 0.15) is 10.6 Å². The van der Waals surface area contributed by atoms with Crippen LogP contribution in [0.5, 0.6) is 5.75 Å². The number of halogens is 1. The fourth-order valence-electron chi connectivity index (χ4n) is 2.32. The second-order valence-electron chi connectivity index (χ2n) is 5.21. The molecule has 1 heterocycles. The zero-order valence-corrected chi connectivity index (χ0v) is 14.0. The number of hydrogen-bond donors (Lipinski definition) is 2. The number of piperidine rings is 1. The molecule has 2 rings (SSSR count). The Balaban J connectivity index is 2.32. The molecule has 1 aliphatic heterocycles. The van der Waals surface area contributed by atoms with Crippen molar-refractivity contribution in [1.29, 1.82) is 0 Å². The molecule has 1 aromatic carbocycles. The summed E-state index contributed by atoms with van der Waals surface area (Å²) in [7, 11) is -2.15. The molecule has 0 radical (unpaired) electrons. The number of hydrogen-bond acceptors (Lipinski definition) is 4. The second kappa shape index (κ2) is 6.01. The van der Waals surface area contributed by atoms with Gasteiger partial charge in [0.2, 0.25) is 10.0 Å². The Morgan fingerprint density at radius 1 is 1.35 bits per heavy atom. The van der Waals surface area contributed by atoms with E-state index in [0.29, 0.717) is 10.2 Å². The third-order valence-corrected chi connectivity index (χ3v) is 5.66. The predicted octanol–water partition coefficient (Wildman–Crippen LogP) is 1.88. The average Bonchev–Trinajstić information content (AvgIpc) is 2.38. The van der Waals surface area contributed by atoms with Gasteiger partial charge < -0.3 is 10.1 Å². The van der Waals surface area contributed by atoms with Crippen molar-refractivity contribution in [2.45, 2.75) is 30.2 Å². The number of sulfonamides is 1. The van der Waals surface area contributed by atoms with Crippen molar-refractivity contribution >= 4 is 26.0 Å². The van der Waals surface area contributed by atoms with Crippen LogP contribution in [0, 0.1) is 0 Å². The van der Waals surface area contributed by atoms with Gasteiger partial charge in [-0.1, -0.05) is 15.9 Å². The Morgan fingerprint density at radius 3 is 2.60 bits per heavy atom. The largest absolute Gasteiger partial charge is 0.495 e. The van der Waals surface area contributed by atoms with Gasteiger partial charge in [-0.2, -0.15) is 0 Å². The van der Waals surface area contributed by atoms with Crippen molar-refractivity contribution in [3.8, 4) is 5.75 Å². The van der Waals surface area contributed by atoms with Gasteiger partial charge >= 0.3 is 0 Å². The van der Waals surface area contributed by atoms with Gasteiger partial charge in [0, 0.05) is 10.0 Å². The average molecular weight is 363 g/mol. The third-order valence-electron chi connectivity index (χ3n) is 3.50. The van der Waals surface area contributed by atoms with Crippen LogP contribution in [0.25, 0.3) is 0 Å². The van der Waals surface area contributed by atoms with E-state index in [9.17, 15) is 8.42 Å². The van der Waals surface area contributed by atoms with Gasteiger partial charge in [0.05, 0.1) is 7.11 Å². The van der Waals surface area contributed by atoms with Crippen LogP contribution in [0.2, 0.25) is 0 Å². The van der Waals surface area contributed by atoms with E-state index >= 15 is 0 Å². The van der Waals surface area contributed by atoms with E-state index in [1.54, 1.807) is 18.2 Å². The lowest BCUT2D eigenvalue weighted by Gasteiger charge is -2.34. The SMILES string of the molecule is COc1ccc(Br)cc1S(=O)(=O)NC1(C)CCNCC1. The van der Waals surface area contributed by atoms with Crippen molar-refractivity contribution in [2.75, 3.05) is 20.2 Å². The molecule has 0 bridgehead atoms. The van der Waals surface area contributed by atoms with E-state index in [1.807, 2.05) is 6.92 Å². The van der Waals surface area contributed by atoms with Crippen LogP contribution < -0.4 is 14.8 Å². The first-order valence-electron chi connectivity index (χ1n) is 6.45. The molecule has 20 heavy (non-hydrogen) atoms. The molecule has 7 heteroatoms. The summed E-state index contributed by atoms with van der Waals surface area (Å²) in [6.45, 7) is 3.57. The molecule has 1 aromatic rings. The summed E-state index contributed by atoms with van der Waals surface area (Å²) in [6, 6.07) is 4.96. The summed E-state index contributed by atoms with van der Waals surface area (Å²) in [6.07, 6.45) is 1.53.